The first kappa shape index (κ1) is 22.5. The third-order valence-electron chi connectivity index (χ3n) is 4.46. The number of halogens is 4. The summed E-state index contributed by atoms with van der Waals surface area (Å²) in [6.07, 6.45) is -4.03. The molecule has 0 atom stereocenters. The van der Waals surface area contributed by atoms with Crippen LogP contribution in [0.15, 0.2) is 36.5 Å². The number of hydrogen-bond acceptors (Lipinski definition) is 4. The van der Waals surface area contributed by atoms with Gasteiger partial charge in [-0.1, -0.05) is 25.4 Å². The van der Waals surface area contributed by atoms with Gasteiger partial charge in [-0.2, -0.15) is 13.2 Å². The molecule has 3 aromatic rings. The van der Waals surface area contributed by atoms with Gasteiger partial charge in [-0.25, -0.2) is 0 Å². The van der Waals surface area contributed by atoms with Crippen LogP contribution in [0.3, 0.4) is 0 Å². The van der Waals surface area contributed by atoms with Crippen LogP contribution in [-0.2, 0) is 15.8 Å². The Balaban J connectivity index is 2.00. The number of alkyl halides is 3. The second-order valence-corrected chi connectivity index (χ2v) is 7.54. The normalized spacial score (nSPS) is 11.7. The Morgan fingerprint density at radius 2 is 1.94 bits per heavy atom. The minimum atomic E-state index is -4.85. The van der Waals surface area contributed by atoms with Gasteiger partial charge in [0.25, 0.3) is 0 Å². The van der Waals surface area contributed by atoms with Gasteiger partial charge in [0.15, 0.2) is 5.75 Å². The van der Waals surface area contributed by atoms with Crippen LogP contribution >= 0.6 is 11.6 Å². The van der Waals surface area contributed by atoms with E-state index in [0.717, 1.165) is 22.5 Å². The molecule has 10 heteroatoms. The van der Waals surface area contributed by atoms with Crippen molar-refractivity contribution >= 4 is 40.1 Å². The Labute approximate surface area is 180 Å². The van der Waals surface area contributed by atoms with Crippen molar-refractivity contribution in [2.75, 3.05) is 5.32 Å². The summed E-state index contributed by atoms with van der Waals surface area (Å²) >= 11 is 6.05. The third-order valence-corrected chi connectivity index (χ3v) is 4.75. The number of amides is 1. The van der Waals surface area contributed by atoms with Gasteiger partial charge in [0.1, 0.15) is 11.3 Å². The fraction of sp³-hybridized carbons (Fsp3) is 0.238. The van der Waals surface area contributed by atoms with Gasteiger partial charge in [-0.05, 0) is 41.8 Å². The van der Waals surface area contributed by atoms with Crippen molar-refractivity contribution in [1.82, 2.24) is 4.98 Å². The van der Waals surface area contributed by atoms with Gasteiger partial charge in [0.2, 0.25) is 5.91 Å². The minimum absolute atomic E-state index is 0.148. The predicted molar refractivity (Wildman–Crippen MR) is 107 cm³/mol. The van der Waals surface area contributed by atoms with Crippen molar-refractivity contribution < 1.29 is 32.6 Å². The van der Waals surface area contributed by atoms with E-state index < -0.39 is 40.8 Å². The zero-order chi connectivity index (χ0) is 22.9. The van der Waals surface area contributed by atoms with Crippen molar-refractivity contribution in [2.45, 2.75) is 32.4 Å². The number of aromatic amines is 1. The lowest BCUT2D eigenvalue weighted by Crippen LogP contribution is -2.28. The number of carbonyl (C=O) groups is 2. The summed E-state index contributed by atoms with van der Waals surface area (Å²) in [4.78, 5) is 25.2. The molecule has 0 aliphatic carbocycles. The van der Waals surface area contributed by atoms with E-state index in [2.05, 4.69) is 10.3 Å². The van der Waals surface area contributed by atoms with Gasteiger partial charge in [0, 0.05) is 22.8 Å². The molecule has 0 spiro atoms. The first-order valence-electron chi connectivity index (χ1n) is 9.15. The second kappa shape index (κ2) is 8.50. The monoisotopic (exact) mass is 453 g/mol. The molecule has 0 saturated carbocycles. The number of fused-ring (bicyclic) bond motifs is 1. The molecule has 2 N–H and O–H groups in total. The highest BCUT2D eigenvalue weighted by molar-refractivity contribution is 6.32. The van der Waals surface area contributed by atoms with E-state index in [0.29, 0.717) is 6.07 Å². The molecule has 31 heavy (non-hydrogen) atoms. The lowest BCUT2D eigenvalue weighted by atomic mass is 10.0. The number of H-pyrrole nitrogens is 1. The molecule has 2 aromatic carbocycles. The Bertz CT molecular complexity index is 1160. The standard InChI is InChI=1S/C21H18ClF3N2O4/c1-10(2)14-9-26-17-4-3-12(7-13(14)17)31-20-15(21(23,24)25)5-11(6-16(20)22)27-18(28)8-19(29)30/h3-7,9-10,26H,8H2,1-2H3,(H,27,28)(H,29,30)/p-1. The molecule has 3 rings (SSSR count). The van der Waals surface area contributed by atoms with Gasteiger partial charge < -0.3 is 24.9 Å². The maximum absolute atomic E-state index is 13.7. The molecule has 164 valence electrons. The number of nitrogens with one attached hydrogen (secondary N) is 2. The minimum Gasteiger partial charge on any atom is -0.550 e. The van der Waals surface area contributed by atoms with Crippen LogP contribution in [0, 0.1) is 0 Å². The van der Waals surface area contributed by atoms with Crippen LogP contribution in [0.2, 0.25) is 5.02 Å². The Morgan fingerprint density at radius 3 is 2.55 bits per heavy atom. The molecule has 0 radical (unpaired) electrons. The number of anilines is 1. The molecule has 0 saturated heterocycles. The number of benzene rings is 2. The van der Waals surface area contributed by atoms with Gasteiger partial charge >= 0.3 is 6.18 Å². The number of aromatic nitrogens is 1. The van der Waals surface area contributed by atoms with E-state index >= 15 is 0 Å². The first-order chi connectivity index (χ1) is 14.5. The molecule has 1 aromatic heterocycles. The fourth-order valence-electron chi connectivity index (χ4n) is 3.10. The van der Waals surface area contributed by atoms with Crippen LogP contribution in [0.25, 0.3) is 10.9 Å². The van der Waals surface area contributed by atoms with Crippen molar-refractivity contribution in [1.29, 1.82) is 0 Å². The van der Waals surface area contributed by atoms with E-state index in [4.69, 9.17) is 16.3 Å². The van der Waals surface area contributed by atoms with E-state index in [1.54, 1.807) is 12.1 Å². The Hall–Kier alpha value is -3.20. The molecule has 0 fully saturated rings. The van der Waals surface area contributed by atoms with E-state index in [1.165, 1.54) is 6.07 Å². The highest BCUT2D eigenvalue weighted by Crippen LogP contribution is 2.44. The largest absolute Gasteiger partial charge is 0.550 e. The fourth-order valence-corrected chi connectivity index (χ4v) is 3.35. The van der Waals surface area contributed by atoms with E-state index in [9.17, 15) is 27.9 Å². The smallest absolute Gasteiger partial charge is 0.420 e. The van der Waals surface area contributed by atoms with Crippen molar-refractivity contribution in [3.63, 3.8) is 0 Å². The van der Waals surface area contributed by atoms with Crippen molar-refractivity contribution in [3.05, 3.63) is 52.7 Å². The van der Waals surface area contributed by atoms with Crippen molar-refractivity contribution in [2.24, 2.45) is 0 Å². The molecule has 0 aliphatic heterocycles. The van der Waals surface area contributed by atoms with Crippen LogP contribution in [-0.4, -0.2) is 16.9 Å². The zero-order valence-corrected chi connectivity index (χ0v) is 17.1. The molecule has 0 aliphatic rings. The molecule has 0 unspecified atom stereocenters. The maximum Gasteiger partial charge on any atom is 0.420 e. The number of hydrogen-bond donors (Lipinski definition) is 2. The maximum atomic E-state index is 13.7. The highest BCUT2D eigenvalue weighted by atomic mass is 35.5. The number of carbonyl (C=O) groups excluding carboxylic acids is 2. The average molecular weight is 454 g/mol. The lowest BCUT2D eigenvalue weighted by molar-refractivity contribution is -0.304. The van der Waals surface area contributed by atoms with Gasteiger partial charge in [-0.15, -0.1) is 0 Å². The first-order valence-corrected chi connectivity index (χ1v) is 9.53. The number of ether oxygens (including phenoxy) is 1. The summed E-state index contributed by atoms with van der Waals surface area (Å²) in [5.41, 5.74) is 0.249. The third kappa shape index (κ3) is 5.11. The molecular formula is C21H17ClF3N2O4-. The second-order valence-electron chi connectivity index (χ2n) is 7.14. The van der Waals surface area contributed by atoms with Crippen molar-refractivity contribution in [3.8, 4) is 11.5 Å². The summed E-state index contributed by atoms with van der Waals surface area (Å²) in [6, 6.07) is 6.49. The Kier molecular flexibility index (Phi) is 6.17. The molecule has 1 heterocycles. The number of carboxylic acids is 1. The zero-order valence-electron chi connectivity index (χ0n) is 16.4. The Morgan fingerprint density at radius 1 is 1.23 bits per heavy atom. The lowest BCUT2D eigenvalue weighted by Gasteiger charge is -2.17. The summed E-state index contributed by atoms with van der Waals surface area (Å²) in [5.74, 6) is -3.01. The highest BCUT2D eigenvalue weighted by Gasteiger charge is 2.36. The van der Waals surface area contributed by atoms with Crippen LogP contribution in [0.4, 0.5) is 18.9 Å². The van der Waals surface area contributed by atoms with Crippen LogP contribution < -0.4 is 15.2 Å². The summed E-state index contributed by atoms with van der Waals surface area (Å²) in [6.45, 7) is 3.98. The molecule has 0 bridgehead atoms. The summed E-state index contributed by atoms with van der Waals surface area (Å²) < 4.78 is 46.5. The SMILES string of the molecule is CC(C)c1c[nH]c2ccc(Oc3c(Cl)cc(NC(=O)CC(=O)[O-])cc3C(F)(F)F)cc12. The van der Waals surface area contributed by atoms with E-state index in [-0.39, 0.29) is 17.4 Å². The predicted octanol–water partition coefficient (Wildman–Crippen LogP) is 4.83. The summed E-state index contributed by atoms with van der Waals surface area (Å²) in [7, 11) is 0. The van der Waals surface area contributed by atoms with Gasteiger partial charge in [0.05, 0.1) is 17.4 Å². The average Bonchev–Trinajstić information content (AvgIpc) is 3.05. The topological polar surface area (TPSA) is 94.2 Å². The molecular weight excluding hydrogens is 437 g/mol. The quantitative estimate of drug-likeness (QED) is 0.522. The van der Waals surface area contributed by atoms with Crippen LogP contribution in [0.5, 0.6) is 11.5 Å². The number of rotatable bonds is 6. The van der Waals surface area contributed by atoms with Crippen LogP contribution in [0.1, 0.15) is 37.3 Å². The number of aliphatic carboxylic acids is 1. The number of carboxylic acid groups (broad SMARTS) is 1. The molecule has 1 amide bonds. The van der Waals surface area contributed by atoms with Gasteiger partial charge in [-0.3, -0.25) is 4.79 Å². The summed E-state index contributed by atoms with van der Waals surface area (Å²) in [5, 5.41) is 12.9. The molecule has 6 nitrogen and oxygen atoms in total. The van der Waals surface area contributed by atoms with E-state index in [1.807, 2.05) is 20.0 Å².